The van der Waals surface area contributed by atoms with Crippen LogP contribution in [-0.4, -0.2) is 27.5 Å². The van der Waals surface area contributed by atoms with E-state index in [9.17, 15) is 13.2 Å². The van der Waals surface area contributed by atoms with Crippen LogP contribution in [-0.2, 0) is 20.4 Å². The van der Waals surface area contributed by atoms with Crippen LogP contribution >= 0.6 is 0 Å². The summed E-state index contributed by atoms with van der Waals surface area (Å²) in [7, 11) is -2.34. The number of amides is 1. The molecule has 1 unspecified atom stereocenters. The molecule has 0 aromatic heterocycles. The van der Waals surface area contributed by atoms with E-state index in [4.69, 9.17) is 10.5 Å². The molecule has 1 saturated carbocycles. The van der Waals surface area contributed by atoms with Crippen LogP contribution in [0.4, 0.5) is 5.69 Å². The summed E-state index contributed by atoms with van der Waals surface area (Å²) in [6.45, 7) is 1.60. The van der Waals surface area contributed by atoms with Crippen molar-refractivity contribution in [2.24, 2.45) is 5.73 Å². The number of benzene rings is 2. The van der Waals surface area contributed by atoms with Crippen LogP contribution < -0.4 is 20.5 Å². The van der Waals surface area contributed by atoms with Crippen molar-refractivity contribution in [2.45, 2.75) is 36.2 Å². The van der Waals surface area contributed by atoms with Crippen molar-refractivity contribution in [2.75, 3.05) is 12.4 Å². The zero-order valence-corrected chi connectivity index (χ0v) is 16.0. The molecule has 2 aromatic carbocycles. The zero-order valence-electron chi connectivity index (χ0n) is 15.2. The quantitative estimate of drug-likeness (QED) is 0.670. The molecule has 1 amide bonds. The first-order valence-electron chi connectivity index (χ1n) is 8.60. The van der Waals surface area contributed by atoms with E-state index in [1.165, 1.54) is 19.2 Å². The van der Waals surface area contributed by atoms with Gasteiger partial charge in [-0.3, -0.25) is 4.79 Å². The van der Waals surface area contributed by atoms with Gasteiger partial charge < -0.3 is 15.8 Å². The van der Waals surface area contributed by atoms with Crippen LogP contribution in [0.25, 0.3) is 0 Å². The van der Waals surface area contributed by atoms with Gasteiger partial charge in [0.25, 0.3) is 0 Å². The molecule has 1 fully saturated rings. The van der Waals surface area contributed by atoms with E-state index < -0.39 is 21.5 Å². The SMILES string of the molecule is COc1ccc(NC(=O)C(C)(N)c2ccccc2)cc1S(=O)(=O)NC1CC1. The standard InChI is InChI=1S/C19H23N3O4S/c1-19(20,13-6-4-3-5-7-13)18(23)21-15-10-11-16(26-2)17(12-15)27(24,25)22-14-8-9-14/h3-7,10-12,14,22H,8-9,20H2,1-2H3,(H,21,23). The first-order chi connectivity index (χ1) is 12.7. The summed E-state index contributed by atoms with van der Waals surface area (Å²) in [4.78, 5) is 12.7. The summed E-state index contributed by atoms with van der Waals surface area (Å²) in [5, 5.41) is 2.70. The van der Waals surface area contributed by atoms with E-state index in [1.54, 1.807) is 37.3 Å². The molecule has 0 saturated heterocycles. The normalized spacial score (nSPS) is 16.4. The molecule has 1 aliphatic carbocycles. The minimum Gasteiger partial charge on any atom is -0.495 e. The number of carbonyl (C=O) groups excluding carboxylic acids is 1. The van der Waals surface area contributed by atoms with E-state index in [1.807, 2.05) is 6.07 Å². The predicted octanol–water partition coefficient (Wildman–Crippen LogP) is 1.95. The third-order valence-corrected chi connectivity index (χ3v) is 6.00. The molecule has 0 aliphatic heterocycles. The van der Waals surface area contributed by atoms with Gasteiger partial charge in [-0.25, -0.2) is 13.1 Å². The smallest absolute Gasteiger partial charge is 0.248 e. The summed E-state index contributed by atoms with van der Waals surface area (Å²) in [5.74, 6) is -0.239. The Bertz CT molecular complexity index is 939. The second-order valence-corrected chi connectivity index (χ2v) is 8.47. The van der Waals surface area contributed by atoms with Crippen molar-refractivity contribution in [3.63, 3.8) is 0 Å². The predicted molar refractivity (Wildman–Crippen MR) is 103 cm³/mol. The fraction of sp³-hybridized carbons (Fsp3) is 0.316. The van der Waals surface area contributed by atoms with Crippen molar-refractivity contribution in [3.8, 4) is 5.75 Å². The molecule has 1 aliphatic rings. The molecule has 4 N–H and O–H groups in total. The fourth-order valence-corrected chi connectivity index (χ4v) is 4.12. The summed E-state index contributed by atoms with van der Waals surface area (Å²) in [6.07, 6.45) is 1.64. The maximum atomic E-state index is 12.7. The fourth-order valence-electron chi connectivity index (χ4n) is 2.62. The number of hydrogen-bond acceptors (Lipinski definition) is 5. The molecular weight excluding hydrogens is 366 g/mol. The summed E-state index contributed by atoms with van der Waals surface area (Å²) in [6, 6.07) is 13.4. The van der Waals surface area contributed by atoms with Gasteiger partial charge in [0, 0.05) is 11.7 Å². The molecule has 2 aromatic rings. The lowest BCUT2D eigenvalue weighted by Gasteiger charge is -2.24. The van der Waals surface area contributed by atoms with Crippen molar-refractivity contribution in [3.05, 3.63) is 54.1 Å². The van der Waals surface area contributed by atoms with E-state index in [0.29, 0.717) is 11.3 Å². The lowest BCUT2D eigenvalue weighted by Crippen LogP contribution is -2.45. The molecule has 1 atom stereocenters. The zero-order chi connectivity index (χ0) is 19.7. The Kier molecular flexibility index (Phi) is 5.23. The van der Waals surface area contributed by atoms with Gasteiger partial charge in [-0.05, 0) is 43.5 Å². The Hall–Kier alpha value is -2.42. The highest BCUT2D eigenvalue weighted by molar-refractivity contribution is 7.89. The monoisotopic (exact) mass is 389 g/mol. The minimum atomic E-state index is -3.74. The van der Waals surface area contributed by atoms with Gasteiger partial charge in [0.15, 0.2) is 0 Å². The lowest BCUT2D eigenvalue weighted by atomic mass is 9.92. The van der Waals surface area contributed by atoms with Crippen LogP contribution in [0.2, 0.25) is 0 Å². The molecule has 0 heterocycles. The Labute approximate surface area is 159 Å². The van der Waals surface area contributed by atoms with Crippen LogP contribution in [0.3, 0.4) is 0 Å². The molecule has 0 bridgehead atoms. The van der Waals surface area contributed by atoms with Gasteiger partial charge >= 0.3 is 0 Å². The lowest BCUT2D eigenvalue weighted by molar-refractivity contribution is -0.120. The van der Waals surface area contributed by atoms with Gasteiger partial charge in [-0.2, -0.15) is 0 Å². The van der Waals surface area contributed by atoms with Crippen molar-refractivity contribution in [1.29, 1.82) is 0 Å². The average Bonchev–Trinajstić information content (AvgIpc) is 3.45. The van der Waals surface area contributed by atoms with E-state index >= 15 is 0 Å². The first-order valence-corrected chi connectivity index (χ1v) is 10.1. The highest BCUT2D eigenvalue weighted by Gasteiger charge is 2.32. The minimum absolute atomic E-state index is 0.0202. The number of ether oxygens (including phenoxy) is 1. The largest absolute Gasteiger partial charge is 0.495 e. The molecule has 144 valence electrons. The maximum absolute atomic E-state index is 12.7. The van der Waals surface area contributed by atoms with Gasteiger partial charge in [-0.15, -0.1) is 0 Å². The average molecular weight is 389 g/mol. The second-order valence-electron chi connectivity index (χ2n) is 6.78. The summed E-state index contributed by atoms with van der Waals surface area (Å²) < 4.78 is 33.0. The number of nitrogens with one attached hydrogen (secondary N) is 2. The van der Waals surface area contributed by atoms with Gasteiger partial charge in [0.1, 0.15) is 16.2 Å². The Balaban J connectivity index is 1.87. The number of anilines is 1. The van der Waals surface area contributed by atoms with E-state index in [0.717, 1.165) is 12.8 Å². The topological polar surface area (TPSA) is 111 Å². The number of nitrogens with two attached hydrogens (primary N) is 1. The molecule has 0 radical (unpaired) electrons. The first kappa shape index (κ1) is 19.3. The molecule has 3 rings (SSSR count). The van der Waals surface area contributed by atoms with Crippen LogP contribution in [0, 0.1) is 0 Å². The number of carbonyl (C=O) groups is 1. The Morgan fingerprint density at radius 2 is 1.85 bits per heavy atom. The third kappa shape index (κ3) is 4.29. The maximum Gasteiger partial charge on any atom is 0.248 e. The van der Waals surface area contributed by atoms with Gasteiger partial charge in [0.05, 0.1) is 7.11 Å². The molecule has 0 spiro atoms. The Morgan fingerprint density at radius 1 is 1.19 bits per heavy atom. The third-order valence-electron chi connectivity index (χ3n) is 4.46. The van der Waals surface area contributed by atoms with Crippen LogP contribution in [0.5, 0.6) is 5.75 Å². The van der Waals surface area contributed by atoms with E-state index in [2.05, 4.69) is 10.0 Å². The van der Waals surface area contributed by atoms with Gasteiger partial charge in [-0.1, -0.05) is 30.3 Å². The summed E-state index contributed by atoms with van der Waals surface area (Å²) >= 11 is 0. The summed E-state index contributed by atoms with van der Waals surface area (Å²) in [5.41, 5.74) is 5.92. The second kappa shape index (κ2) is 7.30. The number of methoxy groups -OCH3 is 1. The number of hydrogen-bond donors (Lipinski definition) is 3. The molecular formula is C19H23N3O4S. The Morgan fingerprint density at radius 3 is 2.44 bits per heavy atom. The van der Waals surface area contributed by atoms with E-state index in [-0.39, 0.29) is 16.7 Å². The molecule has 27 heavy (non-hydrogen) atoms. The highest BCUT2D eigenvalue weighted by Crippen LogP contribution is 2.30. The van der Waals surface area contributed by atoms with Gasteiger partial charge in [0.2, 0.25) is 15.9 Å². The van der Waals surface area contributed by atoms with Crippen molar-refractivity contribution in [1.82, 2.24) is 4.72 Å². The number of sulfonamides is 1. The molecule has 7 nitrogen and oxygen atoms in total. The van der Waals surface area contributed by atoms with Crippen molar-refractivity contribution < 1.29 is 17.9 Å². The van der Waals surface area contributed by atoms with Crippen molar-refractivity contribution >= 4 is 21.6 Å². The van der Waals surface area contributed by atoms with Crippen LogP contribution in [0.15, 0.2) is 53.4 Å². The van der Waals surface area contributed by atoms with Crippen LogP contribution in [0.1, 0.15) is 25.3 Å². The molecule has 8 heteroatoms. The highest BCUT2D eigenvalue weighted by atomic mass is 32.2. The number of rotatable bonds is 7.